The molecule has 0 aliphatic carbocycles. The minimum absolute atomic E-state index is 0.00332. The fourth-order valence-electron chi connectivity index (χ4n) is 3.26. The number of fused-ring (bicyclic) bond motifs is 1. The second kappa shape index (κ2) is 7.84. The molecule has 0 fully saturated rings. The van der Waals surface area contributed by atoms with E-state index in [1.54, 1.807) is 0 Å². The van der Waals surface area contributed by atoms with Gasteiger partial charge in [0.1, 0.15) is 11.2 Å². The highest BCUT2D eigenvalue weighted by Crippen LogP contribution is 2.36. The second-order valence-electron chi connectivity index (χ2n) is 7.10. The molecule has 0 atom stereocenters. The van der Waals surface area contributed by atoms with Crippen LogP contribution in [0.15, 0.2) is 41.3 Å². The summed E-state index contributed by atoms with van der Waals surface area (Å²) >= 11 is 0. The average Bonchev–Trinajstić information content (AvgIpc) is 2.70. The SMILES string of the molecule is CN(Cc1cc(C(F)(F)F)cc(C(F)(F)F)c1)C(=O)c1c(N)c2cccnc2c(=O)n1C. The average molecular weight is 458 g/mol. The number of nitrogens with two attached hydrogens (primary N) is 1. The van der Waals surface area contributed by atoms with Gasteiger partial charge in [0, 0.05) is 32.2 Å². The minimum Gasteiger partial charge on any atom is -0.396 e. The maximum absolute atomic E-state index is 13.1. The fourth-order valence-corrected chi connectivity index (χ4v) is 3.26. The zero-order valence-corrected chi connectivity index (χ0v) is 16.7. The lowest BCUT2D eigenvalue weighted by molar-refractivity contribution is -0.143. The van der Waals surface area contributed by atoms with Gasteiger partial charge in [-0.1, -0.05) is 0 Å². The first kappa shape index (κ1) is 23.1. The van der Waals surface area contributed by atoms with Crippen LogP contribution in [0.3, 0.4) is 0 Å². The van der Waals surface area contributed by atoms with Gasteiger partial charge in [-0.25, -0.2) is 0 Å². The zero-order valence-electron chi connectivity index (χ0n) is 16.7. The first-order chi connectivity index (χ1) is 14.7. The first-order valence-electron chi connectivity index (χ1n) is 8.99. The highest BCUT2D eigenvalue weighted by atomic mass is 19.4. The standard InChI is InChI=1S/C20H16F6N4O2/c1-29(9-10-6-11(19(21,22)23)8-12(7-10)20(24,25)26)18(32)16-14(27)13-4-3-5-28-15(13)17(31)30(16)2/h3-8H,9,27H2,1-2H3. The van der Waals surface area contributed by atoms with E-state index in [4.69, 9.17) is 5.73 Å². The van der Waals surface area contributed by atoms with E-state index in [1.165, 1.54) is 32.4 Å². The Morgan fingerprint density at radius 2 is 1.66 bits per heavy atom. The van der Waals surface area contributed by atoms with Crippen molar-refractivity contribution in [3.8, 4) is 0 Å². The Bertz CT molecular complexity index is 1230. The molecule has 2 heterocycles. The predicted molar refractivity (Wildman–Crippen MR) is 104 cm³/mol. The second-order valence-corrected chi connectivity index (χ2v) is 7.10. The Morgan fingerprint density at radius 3 is 2.19 bits per heavy atom. The summed E-state index contributed by atoms with van der Waals surface area (Å²) in [6.07, 6.45) is -8.67. The van der Waals surface area contributed by atoms with Gasteiger partial charge >= 0.3 is 12.4 Å². The Hall–Kier alpha value is -3.57. The van der Waals surface area contributed by atoms with Crippen LogP contribution >= 0.6 is 0 Å². The minimum atomic E-state index is -5.02. The van der Waals surface area contributed by atoms with Crippen LogP contribution < -0.4 is 11.3 Å². The molecule has 32 heavy (non-hydrogen) atoms. The van der Waals surface area contributed by atoms with Gasteiger partial charge in [0.25, 0.3) is 11.5 Å². The molecular formula is C20H16F6N4O2. The van der Waals surface area contributed by atoms with E-state index < -0.39 is 47.1 Å². The largest absolute Gasteiger partial charge is 0.416 e. The number of nitrogens with zero attached hydrogens (tertiary/aromatic N) is 3. The van der Waals surface area contributed by atoms with Crippen molar-refractivity contribution < 1.29 is 31.1 Å². The lowest BCUT2D eigenvalue weighted by Gasteiger charge is -2.22. The Kier molecular flexibility index (Phi) is 5.66. The molecule has 1 amide bonds. The molecule has 0 bridgehead atoms. The van der Waals surface area contributed by atoms with E-state index in [2.05, 4.69) is 4.98 Å². The quantitative estimate of drug-likeness (QED) is 0.605. The van der Waals surface area contributed by atoms with Crippen molar-refractivity contribution in [2.75, 3.05) is 12.8 Å². The van der Waals surface area contributed by atoms with Gasteiger partial charge in [0.2, 0.25) is 0 Å². The summed E-state index contributed by atoms with van der Waals surface area (Å²) in [6.45, 7) is -0.593. The number of anilines is 1. The lowest BCUT2D eigenvalue weighted by Crippen LogP contribution is -2.34. The molecule has 0 saturated heterocycles. The van der Waals surface area contributed by atoms with E-state index in [0.29, 0.717) is 12.1 Å². The van der Waals surface area contributed by atoms with Gasteiger partial charge in [-0.05, 0) is 35.9 Å². The molecule has 2 aromatic heterocycles. The number of hydrogen-bond donors (Lipinski definition) is 1. The van der Waals surface area contributed by atoms with Crippen molar-refractivity contribution in [3.05, 3.63) is 69.3 Å². The zero-order chi connectivity index (χ0) is 24.0. The van der Waals surface area contributed by atoms with Crippen molar-refractivity contribution in [2.45, 2.75) is 18.9 Å². The van der Waals surface area contributed by atoms with E-state index in [1.807, 2.05) is 0 Å². The number of hydrogen-bond acceptors (Lipinski definition) is 4. The topological polar surface area (TPSA) is 81.2 Å². The molecule has 6 nitrogen and oxygen atoms in total. The molecule has 170 valence electrons. The van der Waals surface area contributed by atoms with Crippen molar-refractivity contribution >= 4 is 22.5 Å². The highest BCUT2D eigenvalue weighted by Gasteiger charge is 2.37. The number of alkyl halides is 6. The van der Waals surface area contributed by atoms with Gasteiger partial charge in [0.05, 0.1) is 16.8 Å². The Labute approximate surface area is 176 Å². The first-order valence-corrected chi connectivity index (χ1v) is 8.99. The van der Waals surface area contributed by atoms with Crippen molar-refractivity contribution in [1.29, 1.82) is 0 Å². The third-order valence-electron chi connectivity index (χ3n) is 4.81. The molecule has 0 saturated carbocycles. The smallest absolute Gasteiger partial charge is 0.396 e. The van der Waals surface area contributed by atoms with Crippen LogP contribution in [0.2, 0.25) is 0 Å². The third-order valence-corrected chi connectivity index (χ3v) is 4.81. The Balaban J connectivity index is 2.04. The molecule has 0 aliphatic rings. The van der Waals surface area contributed by atoms with Gasteiger partial charge in [-0.3, -0.25) is 14.6 Å². The predicted octanol–water partition coefficient (Wildman–Crippen LogP) is 3.83. The van der Waals surface area contributed by atoms with Crippen molar-refractivity contribution in [1.82, 2.24) is 14.5 Å². The number of pyridine rings is 2. The van der Waals surface area contributed by atoms with Gasteiger partial charge in [-0.15, -0.1) is 0 Å². The molecule has 0 radical (unpaired) electrons. The van der Waals surface area contributed by atoms with Crippen LogP contribution in [0.1, 0.15) is 27.2 Å². The van der Waals surface area contributed by atoms with Gasteiger partial charge in [0.15, 0.2) is 0 Å². The Morgan fingerprint density at radius 1 is 1.09 bits per heavy atom. The summed E-state index contributed by atoms with van der Waals surface area (Å²) in [6, 6.07) is 4.04. The van der Waals surface area contributed by atoms with E-state index in [0.717, 1.165) is 9.47 Å². The van der Waals surface area contributed by atoms with E-state index in [-0.39, 0.29) is 28.4 Å². The maximum atomic E-state index is 13.1. The summed E-state index contributed by atoms with van der Waals surface area (Å²) in [5.41, 5.74) is 1.68. The number of carbonyl (C=O) groups excluding carboxylic acids is 1. The number of benzene rings is 1. The lowest BCUT2D eigenvalue weighted by atomic mass is 10.0. The summed E-state index contributed by atoms with van der Waals surface area (Å²) in [4.78, 5) is 30.3. The van der Waals surface area contributed by atoms with Crippen LogP contribution in [0.5, 0.6) is 0 Å². The summed E-state index contributed by atoms with van der Waals surface area (Å²) in [5.74, 6) is -0.862. The molecule has 0 spiro atoms. The molecule has 0 aliphatic heterocycles. The summed E-state index contributed by atoms with van der Waals surface area (Å²) < 4.78 is 79.5. The number of nitrogen functional groups attached to an aromatic ring is 1. The molecule has 2 N–H and O–H groups in total. The molecule has 12 heteroatoms. The molecule has 3 rings (SSSR count). The van der Waals surface area contributed by atoms with Crippen LogP contribution in [0.4, 0.5) is 32.0 Å². The number of halogens is 6. The van der Waals surface area contributed by atoms with Crippen LogP contribution in [-0.4, -0.2) is 27.4 Å². The van der Waals surface area contributed by atoms with Crippen molar-refractivity contribution in [2.24, 2.45) is 7.05 Å². The fraction of sp³-hybridized carbons (Fsp3) is 0.250. The molecular weight excluding hydrogens is 442 g/mol. The van der Waals surface area contributed by atoms with E-state index in [9.17, 15) is 35.9 Å². The maximum Gasteiger partial charge on any atom is 0.416 e. The number of aromatic nitrogens is 2. The van der Waals surface area contributed by atoms with Gasteiger partial charge in [-0.2, -0.15) is 26.3 Å². The van der Waals surface area contributed by atoms with Crippen molar-refractivity contribution in [3.63, 3.8) is 0 Å². The normalized spacial score (nSPS) is 12.2. The monoisotopic (exact) mass is 458 g/mol. The molecule has 1 aromatic carbocycles. The van der Waals surface area contributed by atoms with Gasteiger partial charge < -0.3 is 15.2 Å². The summed E-state index contributed by atoms with van der Waals surface area (Å²) in [5, 5.41) is 0.200. The third kappa shape index (κ3) is 4.25. The van der Waals surface area contributed by atoms with Crippen LogP contribution in [-0.2, 0) is 25.9 Å². The van der Waals surface area contributed by atoms with Crippen LogP contribution in [0.25, 0.3) is 10.9 Å². The van der Waals surface area contributed by atoms with Crippen LogP contribution in [0, 0.1) is 0 Å². The molecule has 0 unspecified atom stereocenters. The number of carbonyl (C=O) groups is 1. The van der Waals surface area contributed by atoms with E-state index >= 15 is 0 Å². The summed E-state index contributed by atoms with van der Waals surface area (Å²) in [7, 11) is 2.44. The number of rotatable bonds is 3. The number of amides is 1. The molecule has 3 aromatic rings. The highest BCUT2D eigenvalue weighted by molar-refractivity contribution is 6.04.